The van der Waals surface area contributed by atoms with Gasteiger partial charge in [0.1, 0.15) is 0 Å². The maximum atomic E-state index is 10.6. The third-order valence-corrected chi connectivity index (χ3v) is 2.25. The topological polar surface area (TPSA) is 110 Å². The summed E-state index contributed by atoms with van der Waals surface area (Å²) in [5.74, 6) is -1.09. The standard InChI is InChI=1S/C12H16N4O2/c1-9(10(17)18)5-6-12(4,8-14)16-15-11(2,3)7-13/h1,5-6H2,2-4H3,(H,17,18). The third-order valence-electron chi connectivity index (χ3n) is 2.25. The minimum absolute atomic E-state index is 0.0196. The Morgan fingerprint density at radius 2 is 1.83 bits per heavy atom. The van der Waals surface area contributed by atoms with Gasteiger partial charge in [-0.3, -0.25) is 0 Å². The average Bonchev–Trinajstić information content (AvgIpc) is 2.33. The number of carboxylic acids is 1. The van der Waals surface area contributed by atoms with E-state index in [9.17, 15) is 4.79 Å². The number of carbonyl (C=O) groups is 1. The lowest BCUT2D eigenvalue weighted by molar-refractivity contribution is -0.132. The van der Waals surface area contributed by atoms with E-state index >= 15 is 0 Å². The van der Waals surface area contributed by atoms with Crippen molar-refractivity contribution in [3.05, 3.63) is 12.2 Å². The summed E-state index contributed by atoms with van der Waals surface area (Å²) in [7, 11) is 0. The minimum Gasteiger partial charge on any atom is -0.478 e. The second kappa shape index (κ2) is 5.92. The van der Waals surface area contributed by atoms with E-state index in [1.807, 2.05) is 12.1 Å². The van der Waals surface area contributed by atoms with Gasteiger partial charge in [-0.15, -0.1) is 0 Å². The van der Waals surface area contributed by atoms with E-state index in [0.29, 0.717) is 0 Å². The number of azo groups is 1. The van der Waals surface area contributed by atoms with Crippen molar-refractivity contribution in [2.24, 2.45) is 10.2 Å². The molecule has 6 nitrogen and oxygen atoms in total. The normalized spacial score (nSPS) is 14.5. The number of rotatable bonds is 6. The van der Waals surface area contributed by atoms with E-state index in [-0.39, 0.29) is 18.4 Å². The van der Waals surface area contributed by atoms with Gasteiger partial charge >= 0.3 is 5.97 Å². The summed E-state index contributed by atoms with van der Waals surface area (Å²) in [4.78, 5) is 10.6. The predicted molar refractivity (Wildman–Crippen MR) is 64.6 cm³/mol. The van der Waals surface area contributed by atoms with Crippen LogP contribution >= 0.6 is 0 Å². The molecule has 1 unspecified atom stereocenters. The van der Waals surface area contributed by atoms with Crippen LogP contribution in [0, 0.1) is 22.7 Å². The molecule has 0 aliphatic carbocycles. The first-order valence-electron chi connectivity index (χ1n) is 5.33. The summed E-state index contributed by atoms with van der Waals surface area (Å²) >= 11 is 0. The van der Waals surface area contributed by atoms with E-state index in [0.717, 1.165) is 0 Å². The van der Waals surface area contributed by atoms with Crippen LogP contribution < -0.4 is 0 Å². The molecule has 0 bridgehead atoms. The van der Waals surface area contributed by atoms with Gasteiger partial charge in [0.2, 0.25) is 0 Å². The van der Waals surface area contributed by atoms with E-state index in [2.05, 4.69) is 16.8 Å². The predicted octanol–water partition coefficient (Wildman–Crippen LogP) is 2.44. The summed E-state index contributed by atoms with van der Waals surface area (Å²) in [6.07, 6.45) is 0.338. The van der Waals surface area contributed by atoms with Crippen molar-refractivity contribution in [2.75, 3.05) is 0 Å². The van der Waals surface area contributed by atoms with Crippen LogP contribution in [0.15, 0.2) is 22.4 Å². The number of carboxylic acid groups (broad SMARTS) is 1. The molecule has 0 radical (unpaired) electrons. The molecule has 0 saturated carbocycles. The fourth-order valence-electron chi connectivity index (χ4n) is 0.887. The van der Waals surface area contributed by atoms with Gasteiger partial charge in [-0.2, -0.15) is 20.8 Å². The number of hydrogen-bond acceptors (Lipinski definition) is 5. The monoisotopic (exact) mass is 248 g/mol. The zero-order chi connectivity index (χ0) is 14.4. The van der Waals surface area contributed by atoms with Crippen LogP contribution in [0.1, 0.15) is 33.6 Å². The molecule has 1 N–H and O–H groups in total. The van der Waals surface area contributed by atoms with E-state index in [1.54, 1.807) is 20.8 Å². The molecule has 0 aromatic rings. The summed E-state index contributed by atoms with van der Waals surface area (Å²) in [6.45, 7) is 8.07. The van der Waals surface area contributed by atoms with Gasteiger partial charge < -0.3 is 5.11 Å². The highest BCUT2D eigenvalue weighted by Crippen LogP contribution is 2.22. The van der Waals surface area contributed by atoms with Crippen LogP contribution in [0.25, 0.3) is 0 Å². The zero-order valence-electron chi connectivity index (χ0n) is 10.8. The van der Waals surface area contributed by atoms with E-state index in [1.165, 1.54) is 0 Å². The van der Waals surface area contributed by atoms with Crippen LogP contribution in [0.4, 0.5) is 0 Å². The SMILES string of the molecule is C=C(CCC(C)(C#N)N=NC(C)(C)C#N)C(=O)O. The van der Waals surface area contributed by atoms with E-state index < -0.39 is 17.0 Å². The highest BCUT2D eigenvalue weighted by atomic mass is 16.4. The van der Waals surface area contributed by atoms with Crippen molar-refractivity contribution < 1.29 is 9.90 Å². The smallest absolute Gasteiger partial charge is 0.330 e. The van der Waals surface area contributed by atoms with Crippen LogP contribution in [-0.4, -0.2) is 22.2 Å². The average molecular weight is 248 g/mol. The molecular weight excluding hydrogens is 232 g/mol. The highest BCUT2D eigenvalue weighted by molar-refractivity contribution is 5.85. The van der Waals surface area contributed by atoms with Crippen molar-refractivity contribution in [2.45, 2.75) is 44.7 Å². The Labute approximate surface area is 106 Å². The van der Waals surface area contributed by atoms with Crippen molar-refractivity contribution in [3.8, 4) is 12.1 Å². The lowest BCUT2D eigenvalue weighted by Crippen LogP contribution is -2.22. The maximum Gasteiger partial charge on any atom is 0.330 e. The summed E-state index contributed by atoms with van der Waals surface area (Å²) in [5, 5.41) is 34.1. The molecule has 1 atom stereocenters. The van der Waals surface area contributed by atoms with Crippen LogP contribution in [0.3, 0.4) is 0 Å². The quantitative estimate of drug-likeness (QED) is 0.574. The first-order valence-corrected chi connectivity index (χ1v) is 5.33. The summed E-state index contributed by atoms with van der Waals surface area (Å²) in [6, 6.07) is 3.91. The second-order valence-electron chi connectivity index (χ2n) is 4.67. The first kappa shape index (κ1) is 15.8. The fraction of sp³-hybridized carbons (Fsp3) is 0.583. The lowest BCUT2D eigenvalue weighted by atomic mass is 9.96. The Balaban J connectivity index is 4.76. The Hall–Kier alpha value is -2.21. The van der Waals surface area contributed by atoms with Crippen LogP contribution in [0.2, 0.25) is 0 Å². The molecule has 0 aromatic heterocycles. The molecule has 6 heteroatoms. The van der Waals surface area contributed by atoms with Gasteiger partial charge in [-0.25, -0.2) is 4.79 Å². The van der Waals surface area contributed by atoms with Crippen LogP contribution in [0.5, 0.6) is 0 Å². The minimum atomic E-state index is -1.15. The molecule has 0 fully saturated rings. The largest absolute Gasteiger partial charge is 0.478 e. The van der Waals surface area contributed by atoms with Gasteiger partial charge in [0, 0.05) is 5.57 Å². The third kappa shape index (κ3) is 5.22. The summed E-state index contributed by atoms with van der Waals surface area (Å²) < 4.78 is 0. The van der Waals surface area contributed by atoms with Gasteiger partial charge in [0.05, 0.1) is 12.1 Å². The van der Waals surface area contributed by atoms with Crippen molar-refractivity contribution in [1.29, 1.82) is 10.5 Å². The molecule has 0 aliphatic heterocycles. The molecule has 0 spiro atoms. The Bertz CT molecular complexity index is 454. The Morgan fingerprint density at radius 1 is 1.28 bits per heavy atom. The molecule has 96 valence electrons. The molecular formula is C12H16N4O2. The summed E-state index contributed by atoms with van der Waals surface area (Å²) in [5.41, 5.74) is -2.12. The highest BCUT2D eigenvalue weighted by Gasteiger charge is 2.26. The van der Waals surface area contributed by atoms with E-state index in [4.69, 9.17) is 15.6 Å². The maximum absolute atomic E-state index is 10.6. The van der Waals surface area contributed by atoms with Gasteiger partial charge in [-0.1, -0.05) is 6.58 Å². The van der Waals surface area contributed by atoms with Crippen molar-refractivity contribution >= 4 is 5.97 Å². The molecule has 0 aliphatic rings. The Morgan fingerprint density at radius 3 is 2.22 bits per heavy atom. The second-order valence-corrected chi connectivity index (χ2v) is 4.67. The molecule has 0 heterocycles. The fourth-order valence-corrected chi connectivity index (χ4v) is 0.887. The van der Waals surface area contributed by atoms with Crippen molar-refractivity contribution in [3.63, 3.8) is 0 Å². The lowest BCUT2D eigenvalue weighted by Gasteiger charge is -2.16. The molecule has 18 heavy (non-hydrogen) atoms. The molecule has 0 amide bonds. The number of nitrogens with zero attached hydrogens (tertiary/aromatic N) is 4. The first-order chi connectivity index (χ1) is 8.16. The van der Waals surface area contributed by atoms with Gasteiger partial charge in [0.15, 0.2) is 11.1 Å². The molecule has 0 rings (SSSR count). The molecule has 0 aromatic carbocycles. The number of nitriles is 2. The Kier molecular flexibility index (Phi) is 5.20. The number of hydrogen-bond donors (Lipinski definition) is 1. The number of aliphatic carboxylic acids is 1. The van der Waals surface area contributed by atoms with Gasteiger partial charge in [0.25, 0.3) is 0 Å². The van der Waals surface area contributed by atoms with Crippen LogP contribution in [-0.2, 0) is 4.79 Å². The van der Waals surface area contributed by atoms with Crippen molar-refractivity contribution in [1.82, 2.24) is 0 Å². The molecule has 0 saturated heterocycles. The van der Waals surface area contributed by atoms with Gasteiger partial charge in [-0.05, 0) is 33.6 Å². The zero-order valence-corrected chi connectivity index (χ0v) is 10.8.